The van der Waals surface area contributed by atoms with Gasteiger partial charge in [0.1, 0.15) is 5.82 Å². The molecule has 0 aliphatic heterocycles. The number of nitrogens with two attached hydrogens (primary N) is 1. The van der Waals surface area contributed by atoms with E-state index in [0.29, 0.717) is 11.6 Å². The molecule has 0 saturated heterocycles. The van der Waals surface area contributed by atoms with Gasteiger partial charge in [-0.15, -0.1) is 0 Å². The molecule has 0 amide bonds. The van der Waals surface area contributed by atoms with Crippen LogP contribution in [0.5, 0.6) is 0 Å². The van der Waals surface area contributed by atoms with Gasteiger partial charge in [-0.1, -0.05) is 6.92 Å². The van der Waals surface area contributed by atoms with E-state index in [0.717, 1.165) is 19.3 Å². The van der Waals surface area contributed by atoms with Gasteiger partial charge in [0.15, 0.2) is 0 Å². The number of nitrogens with zero attached hydrogens (tertiary/aromatic N) is 1. The first-order chi connectivity index (χ1) is 6.62. The summed E-state index contributed by atoms with van der Waals surface area (Å²) in [6.07, 6.45) is 4.34. The third kappa shape index (κ3) is 1.52. The third-order valence-corrected chi connectivity index (χ3v) is 3.03. The van der Waals surface area contributed by atoms with Crippen LogP contribution in [-0.4, -0.2) is 4.98 Å². The summed E-state index contributed by atoms with van der Waals surface area (Å²) in [5, 5.41) is 0. The normalized spacial score (nSPS) is 32.1. The Bertz CT molecular complexity index is 340. The number of aromatic nitrogens is 1. The van der Waals surface area contributed by atoms with Crippen LogP contribution in [0.15, 0.2) is 18.3 Å². The average molecular weight is 194 g/mol. The predicted octanol–water partition coefficient (Wildman–Crippen LogP) is 2.19. The number of hydrogen-bond donors (Lipinski definition) is 1. The number of halogens is 1. The Hall–Kier alpha value is -0.960. The second-order valence-electron chi connectivity index (χ2n) is 4.34. The first kappa shape index (κ1) is 9.59. The molecule has 1 aromatic rings. The second-order valence-corrected chi connectivity index (χ2v) is 4.34. The number of pyridine rings is 1. The highest BCUT2D eigenvalue weighted by molar-refractivity contribution is 5.19. The van der Waals surface area contributed by atoms with Crippen molar-refractivity contribution < 1.29 is 4.39 Å². The first-order valence-electron chi connectivity index (χ1n) is 5.02. The third-order valence-electron chi connectivity index (χ3n) is 3.03. The zero-order chi connectivity index (χ0) is 10.2. The van der Waals surface area contributed by atoms with Gasteiger partial charge in [0.25, 0.3) is 0 Å². The van der Waals surface area contributed by atoms with E-state index in [1.165, 1.54) is 6.07 Å². The summed E-state index contributed by atoms with van der Waals surface area (Å²) in [7, 11) is 0. The van der Waals surface area contributed by atoms with E-state index >= 15 is 0 Å². The van der Waals surface area contributed by atoms with Crippen molar-refractivity contribution in [2.45, 2.75) is 31.7 Å². The van der Waals surface area contributed by atoms with E-state index in [-0.39, 0.29) is 5.82 Å². The number of hydrogen-bond acceptors (Lipinski definition) is 2. The highest BCUT2D eigenvalue weighted by atomic mass is 19.1. The molecule has 0 spiro atoms. The summed E-state index contributed by atoms with van der Waals surface area (Å²) in [6, 6.07) is 3.03. The zero-order valence-electron chi connectivity index (χ0n) is 8.33. The van der Waals surface area contributed by atoms with Crippen LogP contribution in [0.25, 0.3) is 0 Å². The molecule has 1 aliphatic rings. The largest absolute Gasteiger partial charge is 0.320 e. The molecule has 2 N–H and O–H groups in total. The van der Waals surface area contributed by atoms with Crippen molar-refractivity contribution in [2.75, 3.05) is 0 Å². The van der Waals surface area contributed by atoms with Gasteiger partial charge in [-0.2, -0.15) is 0 Å². The van der Waals surface area contributed by atoms with Crippen LogP contribution in [0.3, 0.4) is 0 Å². The Morgan fingerprint density at radius 3 is 3.00 bits per heavy atom. The van der Waals surface area contributed by atoms with E-state index in [1.807, 2.05) is 0 Å². The Balaban J connectivity index is 2.35. The van der Waals surface area contributed by atoms with E-state index in [9.17, 15) is 4.39 Å². The lowest BCUT2D eigenvalue weighted by Crippen LogP contribution is -2.35. The minimum absolute atomic E-state index is 0.274. The summed E-state index contributed by atoms with van der Waals surface area (Å²) >= 11 is 0. The molecule has 2 atom stereocenters. The Morgan fingerprint density at radius 1 is 1.64 bits per heavy atom. The highest BCUT2D eigenvalue weighted by Gasteiger charge is 2.38. The quantitative estimate of drug-likeness (QED) is 0.744. The predicted molar refractivity (Wildman–Crippen MR) is 53.1 cm³/mol. The molecule has 1 saturated carbocycles. The monoisotopic (exact) mass is 194 g/mol. The summed E-state index contributed by atoms with van der Waals surface area (Å²) in [6.45, 7) is 2.15. The van der Waals surface area contributed by atoms with Crippen molar-refractivity contribution in [3.63, 3.8) is 0 Å². The molecule has 2 unspecified atom stereocenters. The molecule has 1 aromatic heterocycles. The zero-order valence-corrected chi connectivity index (χ0v) is 8.33. The van der Waals surface area contributed by atoms with Gasteiger partial charge >= 0.3 is 0 Å². The van der Waals surface area contributed by atoms with Crippen LogP contribution in [0.1, 0.15) is 31.9 Å². The smallest absolute Gasteiger partial charge is 0.146 e. The molecular weight excluding hydrogens is 179 g/mol. The van der Waals surface area contributed by atoms with Crippen molar-refractivity contribution in [3.05, 3.63) is 29.8 Å². The maximum atomic E-state index is 13.5. The van der Waals surface area contributed by atoms with E-state index in [1.54, 1.807) is 12.3 Å². The molecular formula is C11H15FN2. The van der Waals surface area contributed by atoms with Crippen molar-refractivity contribution in [1.29, 1.82) is 0 Å². The standard InChI is InChI=1S/C11H15FN2/c1-8-4-5-11(13,7-8)10-9(12)3-2-6-14-10/h2-3,6,8H,4-5,7,13H2,1H3. The van der Waals surface area contributed by atoms with E-state index in [2.05, 4.69) is 11.9 Å². The van der Waals surface area contributed by atoms with Gasteiger partial charge in [0, 0.05) is 6.20 Å². The van der Waals surface area contributed by atoms with E-state index < -0.39 is 5.54 Å². The summed E-state index contributed by atoms with van der Waals surface area (Å²) in [4.78, 5) is 4.07. The Kier molecular flexibility index (Phi) is 2.27. The van der Waals surface area contributed by atoms with Gasteiger partial charge in [-0.25, -0.2) is 4.39 Å². The van der Waals surface area contributed by atoms with Crippen LogP contribution in [-0.2, 0) is 5.54 Å². The molecule has 1 aliphatic carbocycles. The topological polar surface area (TPSA) is 38.9 Å². The summed E-state index contributed by atoms with van der Waals surface area (Å²) in [5.74, 6) is 0.297. The average Bonchev–Trinajstić information content (AvgIpc) is 2.48. The molecule has 1 heterocycles. The lowest BCUT2D eigenvalue weighted by Gasteiger charge is -2.23. The fourth-order valence-electron chi connectivity index (χ4n) is 2.30. The molecule has 76 valence electrons. The van der Waals surface area contributed by atoms with Gasteiger partial charge in [-0.3, -0.25) is 4.98 Å². The van der Waals surface area contributed by atoms with Gasteiger partial charge < -0.3 is 5.73 Å². The summed E-state index contributed by atoms with van der Waals surface area (Å²) < 4.78 is 13.5. The summed E-state index contributed by atoms with van der Waals surface area (Å²) in [5.41, 5.74) is 6.07. The molecule has 3 heteroatoms. The minimum atomic E-state index is -0.537. The lowest BCUT2D eigenvalue weighted by molar-refractivity contribution is 0.403. The van der Waals surface area contributed by atoms with Crippen LogP contribution in [0.2, 0.25) is 0 Å². The molecule has 0 aromatic carbocycles. The fourth-order valence-corrected chi connectivity index (χ4v) is 2.30. The first-order valence-corrected chi connectivity index (χ1v) is 5.02. The molecule has 0 bridgehead atoms. The fraction of sp³-hybridized carbons (Fsp3) is 0.545. The highest BCUT2D eigenvalue weighted by Crippen LogP contribution is 2.39. The van der Waals surface area contributed by atoms with Crippen LogP contribution in [0.4, 0.5) is 4.39 Å². The van der Waals surface area contributed by atoms with E-state index in [4.69, 9.17) is 5.73 Å². The SMILES string of the molecule is CC1CCC(N)(c2ncccc2F)C1. The van der Waals surface area contributed by atoms with Crippen LogP contribution in [0, 0.1) is 11.7 Å². The minimum Gasteiger partial charge on any atom is -0.320 e. The molecule has 2 rings (SSSR count). The molecule has 2 nitrogen and oxygen atoms in total. The Labute approximate surface area is 83.3 Å². The Morgan fingerprint density at radius 2 is 2.43 bits per heavy atom. The van der Waals surface area contributed by atoms with Gasteiger partial charge in [0.2, 0.25) is 0 Å². The number of rotatable bonds is 1. The molecule has 0 radical (unpaired) electrons. The molecule has 1 fully saturated rings. The van der Waals surface area contributed by atoms with Crippen LogP contribution >= 0.6 is 0 Å². The van der Waals surface area contributed by atoms with Crippen molar-refractivity contribution in [2.24, 2.45) is 11.7 Å². The van der Waals surface area contributed by atoms with Crippen molar-refractivity contribution in [3.8, 4) is 0 Å². The second kappa shape index (κ2) is 3.31. The van der Waals surface area contributed by atoms with Crippen molar-refractivity contribution in [1.82, 2.24) is 4.98 Å². The van der Waals surface area contributed by atoms with Gasteiger partial charge in [-0.05, 0) is 37.3 Å². The van der Waals surface area contributed by atoms with Crippen LogP contribution < -0.4 is 5.73 Å². The maximum Gasteiger partial charge on any atom is 0.146 e. The maximum absolute atomic E-state index is 13.5. The molecule has 14 heavy (non-hydrogen) atoms. The van der Waals surface area contributed by atoms with Crippen molar-refractivity contribution >= 4 is 0 Å². The van der Waals surface area contributed by atoms with Gasteiger partial charge in [0.05, 0.1) is 11.2 Å². The lowest BCUT2D eigenvalue weighted by atomic mass is 9.92.